The largest absolute Gasteiger partial charge is 0.469 e. The lowest BCUT2D eigenvalue weighted by Crippen LogP contribution is -2.38. The van der Waals surface area contributed by atoms with Gasteiger partial charge in [0.15, 0.2) is 5.96 Å². The molecule has 0 aliphatic rings. The van der Waals surface area contributed by atoms with E-state index in [2.05, 4.69) is 63.9 Å². The lowest BCUT2D eigenvalue weighted by molar-refractivity contribution is -0.140. The van der Waals surface area contributed by atoms with Crippen LogP contribution in [-0.4, -0.2) is 38.7 Å². The van der Waals surface area contributed by atoms with Gasteiger partial charge in [-0.2, -0.15) is 0 Å². The molecule has 0 unspecified atom stereocenters. The summed E-state index contributed by atoms with van der Waals surface area (Å²) < 4.78 is 4.67. The van der Waals surface area contributed by atoms with Crippen molar-refractivity contribution < 1.29 is 9.53 Å². The summed E-state index contributed by atoms with van der Waals surface area (Å²) in [5.74, 6) is 0.640. The van der Waals surface area contributed by atoms with E-state index in [9.17, 15) is 4.79 Å². The molecule has 0 bridgehead atoms. The van der Waals surface area contributed by atoms with Gasteiger partial charge in [-0.15, -0.1) is 0 Å². The number of methoxy groups -OCH3 is 1. The molecule has 138 valence electrons. The second-order valence-electron chi connectivity index (χ2n) is 5.85. The normalized spacial score (nSPS) is 11.3. The fourth-order valence-corrected chi connectivity index (χ4v) is 2.68. The summed E-state index contributed by atoms with van der Waals surface area (Å²) in [6, 6.07) is 20.8. The molecule has 0 aliphatic heterocycles. The maximum atomic E-state index is 11.3. The number of hydrogen-bond donors (Lipinski definition) is 2. The Morgan fingerprint density at radius 2 is 1.58 bits per heavy atom. The molecule has 0 spiro atoms. The van der Waals surface area contributed by atoms with Crippen molar-refractivity contribution in [2.45, 2.75) is 19.3 Å². The van der Waals surface area contributed by atoms with E-state index in [0.29, 0.717) is 25.5 Å². The zero-order chi connectivity index (χ0) is 18.6. The summed E-state index contributed by atoms with van der Waals surface area (Å²) in [5.41, 5.74) is 2.46. The Hall–Kier alpha value is -2.82. The topological polar surface area (TPSA) is 62.7 Å². The third kappa shape index (κ3) is 6.24. The smallest absolute Gasteiger partial charge is 0.307 e. The van der Waals surface area contributed by atoms with Crippen LogP contribution in [0.25, 0.3) is 0 Å². The van der Waals surface area contributed by atoms with E-state index < -0.39 is 0 Å². The van der Waals surface area contributed by atoms with Crippen molar-refractivity contribution in [2.24, 2.45) is 4.99 Å². The molecule has 26 heavy (non-hydrogen) atoms. The molecule has 2 aromatic carbocycles. The Morgan fingerprint density at radius 3 is 2.08 bits per heavy atom. The Labute approximate surface area is 155 Å². The average Bonchev–Trinajstić information content (AvgIpc) is 2.69. The monoisotopic (exact) mass is 353 g/mol. The SMILES string of the molecule is CCNC(=NCC(c1ccccc1)c1ccccc1)NCCC(=O)OC. The van der Waals surface area contributed by atoms with Crippen LogP contribution in [0, 0.1) is 0 Å². The summed E-state index contributed by atoms with van der Waals surface area (Å²) in [5, 5.41) is 6.40. The minimum absolute atomic E-state index is 0.175. The van der Waals surface area contributed by atoms with Gasteiger partial charge in [-0.25, -0.2) is 0 Å². The molecule has 0 aromatic heterocycles. The highest BCUT2D eigenvalue weighted by molar-refractivity contribution is 5.80. The summed E-state index contributed by atoms with van der Waals surface area (Å²) in [6.07, 6.45) is 0.307. The predicted molar refractivity (Wildman–Crippen MR) is 105 cm³/mol. The first-order chi connectivity index (χ1) is 12.7. The Balaban J connectivity index is 2.12. The number of carbonyl (C=O) groups excluding carboxylic acids is 1. The van der Waals surface area contributed by atoms with Gasteiger partial charge in [-0.05, 0) is 18.1 Å². The van der Waals surface area contributed by atoms with E-state index in [-0.39, 0.29) is 11.9 Å². The van der Waals surface area contributed by atoms with Gasteiger partial charge in [0.05, 0.1) is 20.1 Å². The van der Waals surface area contributed by atoms with E-state index in [1.807, 2.05) is 19.1 Å². The molecule has 5 heteroatoms. The maximum absolute atomic E-state index is 11.3. The first kappa shape index (κ1) is 19.5. The van der Waals surface area contributed by atoms with Gasteiger partial charge in [0.25, 0.3) is 0 Å². The minimum Gasteiger partial charge on any atom is -0.469 e. The third-order valence-electron chi connectivity index (χ3n) is 4.03. The van der Waals surface area contributed by atoms with Gasteiger partial charge in [0.1, 0.15) is 0 Å². The average molecular weight is 353 g/mol. The molecule has 0 atom stereocenters. The van der Waals surface area contributed by atoms with Crippen molar-refractivity contribution in [1.82, 2.24) is 10.6 Å². The van der Waals surface area contributed by atoms with Crippen LogP contribution in [0.15, 0.2) is 65.7 Å². The van der Waals surface area contributed by atoms with Crippen LogP contribution in [-0.2, 0) is 9.53 Å². The second kappa shape index (κ2) is 10.9. The fraction of sp³-hybridized carbons (Fsp3) is 0.333. The van der Waals surface area contributed by atoms with Gasteiger partial charge >= 0.3 is 5.97 Å². The van der Waals surface area contributed by atoms with E-state index in [1.165, 1.54) is 18.2 Å². The van der Waals surface area contributed by atoms with Crippen molar-refractivity contribution >= 4 is 11.9 Å². The van der Waals surface area contributed by atoms with Crippen LogP contribution >= 0.6 is 0 Å². The number of nitrogens with zero attached hydrogens (tertiary/aromatic N) is 1. The first-order valence-electron chi connectivity index (χ1n) is 8.93. The molecule has 5 nitrogen and oxygen atoms in total. The number of nitrogens with one attached hydrogen (secondary N) is 2. The Bertz CT molecular complexity index is 647. The summed E-state index contributed by atoms with van der Waals surface area (Å²) in [7, 11) is 1.39. The van der Waals surface area contributed by atoms with Crippen LogP contribution in [0.2, 0.25) is 0 Å². The van der Waals surface area contributed by atoms with Crippen molar-refractivity contribution in [3.8, 4) is 0 Å². The standard InChI is InChI=1S/C21H27N3O2/c1-3-22-21(23-15-14-20(25)26-2)24-16-19(17-10-6-4-7-11-17)18-12-8-5-9-13-18/h4-13,19H,3,14-16H2,1-2H3,(H2,22,23,24). The molecule has 2 rings (SSSR count). The van der Waals surface area contributed by atoms with E-state index in [1.54, 1.807) is 0 Å². The van der Waals surface area contributed by atoms with Crippen molar-refractivity contribution in [1.29, 1.82) is 0 Å². The Morgan fingerprint density at radius 1 is 1.00 bits per heavy atom. The zero-order valence-electron chi connectivity index (χ0n) is 15.4. The molecule has 0 saturated carbocycles. The molecule has 2 aromatic rings. The number of benzene rings is 2. The third-order valence-corrected chi connectivity index (χ3v) is 4.03. The number of hydrogen-bond acceptors (Lipinski definition) is 3. The van der Waals surface area contributed by atoms with Crippen LogP contribution in [0.4, 0.5) is 0 Å². The van der Waals surface area contributed by atoms with Crippen molar-refractivity contribution in [3.63, 3.8) is 0 Å². The minimum atomic E-state index is -0.236. The highest BCUT2D eigenvalue weighted by atomic mass is 16.5. The summed E-state index contributed by atoms with van der Waals surface area (Å²) >= 11 is 0. The molecule has 0 radical (unpaired) electrons. The number of carbonyl (C=O) groups is 1. The number of rotatable bonds is 8. The Kier molecular flexibility index (Phi) is 8.19. The molecular formula is C21H27N3O2. The van der Waals surface area contributed by atoms with Crippen molar-refractivity contribution in [2.75, 3.05) is 26.7 Å². The highest BCUT2D eigenvalue weighted by Gasteiger charge is 2.13. The molecule has 0 fully saturated rings. The van der Waals surface area contributed by atoms with Crippen LogP contribution < -0.4 is 10.6 Å². The van der Waals surface area contributed by atoms with E-state index >= 15 is 0 Å². The molecule has 0 aliphatic carbocycles. The van der Waals surface area contributed by atoms with Gasteiger partial charge in [-0.3, -0.25) is 9.79 Å². The molecule has 0 heterocycles. The quantitative estimate of drug-likeness (QED) is 0.435. The van der Waals surface area contributed by atoms with Gasteiger partial charge < -0.3 is 15.4 Å². The lowest BCUT2D eigenvalue weighted by Gasteiger charge is -2.17. The van der Waals surface area contributed by atoms with Gasteiger partial charge in [-0.1, -0.05) is 60.7 Å². The molecular weight excluding hydrogens is 326 g/mol. The van der Waals surface area contributed by atoms with Crippen LogP contribution in [0.3, 0.4) is 0 Å². The first-order valence-corrected chi connectivity index (χ1v) is 8.93. The van der Waals surface area contributed by atoms with Crippen LogP contribution in [0.1, 0.15) is 30.4 Å². The van der Waals surface area contributed by atoms with E-state index in [4.69, 9.17) is 4.99 Å². The number of ether oxygens (including phenoxy) is 1. The van der Waals surface area contributed by atoms with E-state index in [0.717, 1.165) is 6.54 Å². The highest BCUT2D eigenvalue weighted by Crippen LogP contribution is 2.24. The molecule has 2 N–H and O–H groups in total. The summed E-state index contributed by atoms with van der Waals surface area (Å²) in [4.78, 5) is 16.0. The zero-order valence-corrected chi connectivity index (χ0v) is 15.4. The van der Waals surface area contributed by atoms with Crippen LogP contribution in [0.5, 0.6) is 0 Å². The molecule has 0 saturated heterocycles. The number of guanidine groups is 1. The maximum Gasteiger partial charge on any atom is 0.307 e. The molecule has 0 amide bonds. The number of aliphatic imine (C=N–C) groups is 1. The van der Waals surface area contributed by atoms with Gasteiger partial charge in [0, 0.05) is 19.0 Å². The summed E-state index contributed by atoms with van der Waals surface area (Å²) in [6.45, 7) is 3.87. The van der Waals surface area contributed by atoms with Gasteiger partial charge in [0.2, 0.25) is 0 Å². The predicted octanol–water partition coefficient (Wildman–Crippen LogP) is 2.94. The lowest BCUT2D eigenvalue weighted by atomic mass is 9.91. The number of esters is 1. The second-order valence-corrected chi connectivity index (χ2v) is 5.85. The fourth-order valence-electron chi connectivity index (χ4n) is 2.68. The van der Waals surface area contributed by atoms with Crippen molar-refractivity contribution in [3.05, 3.63) is 71.8 Å².